The fourth-order valence-electron chi connectivity index (χ4n) is 1.86. The minimum absolute atomic E-state index is 0.197. The summed E-state index contributed by atoms with van der Waals surface area (Å²) in [6, 6.07) is 0.478. The van der Waals surface area contributed by atoms with Crippen LogP contribution < -0.4 is 16.4 Å². The van der Waals surface area contributed by atoms with E-state index in [4.69, 9.17) is 5.73 Å². The van der Waals surface area contributed by atoms with E-state index >= 15 is 0 Å². The number of rotatable bonds is 5. The summed E-state index contributed by atoms with van der Waals surface area (Å²) >= 11 is 2.81. The normalized spacial score (nSPS) is 14.8. The molecule has 0 saturated heterocycles. The number of anilines is 2. The third-order valence-corrected chi connectivity index (χ3v) is 4.96. The standard InChI is InChI=1S/C12H15N5OS2/c13-10-9(11(18)15-6-8-14-4-5-19-8)20-12(17-10)16-7-2-1-3-7/h4-5,7H,1-3,6,13H2,(H,15,18)(H,16,17). The number of hydrogen-bond acceptors (Lipinski definition) is 7. The number of carbonyl (C=O) groups excluding carboxylic acids is 1. The first-order valence-electron chi connectivity index (χ1n) is 6.42. The van der Waals surface area contributed by atoms with E-state index in [9.17, 15) is 4.79 Å². The van der Waals surface area contributed by atoms with Crippen molar-refractivity contribution in [1.29, 1.82) is 0 Å². The molecule has 0 bridgehead atoms. The number of nitrogens with one attached hydrogen (secondary N) is 2. The molecule has 106 valence electrons. The maximum absolute atomic E-state index is 12.1. The van der Waals surface area contributed by atoms with Crippen LogP contribution >= 0.6 is 22.7 Å². The second-order valence-corrected chi connectivity index (χ2v) is 6.59. The largest absolute Gasteiger partial charge is 0.382 e. The van der Waals surface area contributed by atoms with Crippen LogP contribution in [0.1, 0.15) is 33.9 Å². The Kier molecular flexibility index (Phi) is 3.83. The van der Waals surface area contributed by atoms with Gasteiger partial charge in [-0.2, -0.15) is 0 Å². The fourth-order valence-corrected chi connectivity index (χ4v) is 3.29. The fraction of sp³-hybridized carbons (Fsp3) is 0.417. The van der Waals surface area contributed by atoms with Gasteiger partial charge in [0.2, 0.25) is 0 Å². The van der Waals surface area contributed by atoms with Crippen LogP contribution in [0.25, 0.3) is 0 Å². The van der Waals surface area contributed by atoms with Gasteiger partial charge in [-0.1, -0.05) is 11.3 Å². The monoisotopic (exact) mass is 309 g/mol. The quantitative estimate of drug-likeness (QED) is 0.786. The summed E-state index contributed by atoms with van der Waals surface area (Å²) in [5.41, 5.74) is 5.81. The van der Waals surface area contributed by atoms with Gasteiger partial charge >= 0.3 is 0 Å². The molecule has 0 aliphatic heterocycles. The van der Waals surface area contributed by atoms with E-state index in [1.165, 1.54) is 29.1 Å². The van der Waals surface area contributed by atoms with Gasteiger partial charge in [-0.15, -0.1) is 11.3 Å². The average Bonchev–Trinajstić information content (AvgIpc) is 3.00. The zero-order chi connectivity index (χ0) is 13.9. The third-order valence-electron chi connectivity index (χ3n) is 3.18. The molecule has 0 aromatic carbocycles. The number of carbonyl (C=O) groups is 1. The zero-order valence-corrected chi connectivity index (χ0v) is 12.4. The minimum Gasteiger partial charge on any atom is -0.382 e. The molecule has 1 aliphatic rings. The van der Waals surface area contributed by atoms with Crippen molar-refractivity contribution in [3.8, 4) is 0 Å². The molecule has 1 amide bonds. The number of nitrogens with zero attached hydrogens (tertiary/aromatic N) is 2. The van der Waals surface area contributed by atoms with E-state index in [2.05, 4.69) is 20.6 Å². The summed E-state index contributed by atoms with van der Waals surface area (Å²) in [7, 11) is 0. The van der Waals surface area contributed by atoms with Crippen molar-refractivity contribution < 1.29 is 4.79 Å². The van der Waals surface area contributed by atoms with Gasteiger partial charge in [0.25, 0.3) is 5.91 Å². The highest BCUT2D eigenvalue weighted by molar-refractivity contribution is 7.18. The summed E-state index contributed by atoms with van der Waals surface area (Å²) < 4.78 is 0. The molecule has 4 N–H and O–H groups in total. The molecule has 8 heteroatoms. The lowest BCUT2D eigenvalue weighted by molar-refractivity contribution is 0.0955. The van der Waals surface area contributed by atoms with E-state index in [0.29, 0.717) is 17.5 Å². The Morgan fingerprint density at radius 3 is 3.00 bits per heavy atom. The Labute approximate surface area is 124 Å². The van der Waals surface area contributed by atoms with Crippen LogP contribution in [0.15, 0.2) is 11.6 Å². The van der Waals surface area contributed by atoms with Crippen LogP contribution in [0, 0.1) is 0 Å². The van der Waals surface area contributed by atoms with Crippen molar-refractivity contribution in [2.45, 2.75) is 31.8 Å². The molecule has 0 unspecified atom stereocenters. The van der Waals surface area contributed by atoms with E-state index in [1.54, 1.807) is 6.20 Å². The molecule has 2 heterocycles. The molecule has 2 aromatic rings. The smallest absolute Gasteiger partial charge is 0.265 e. The van der Waals surface area contributed by atoms with Gasteiger partial charge in [0.05, 0.1) is 6.54 Å². The van der Waals surface area contributed by atoms with Crippen LogP contribution in [0.2, 0.25) is 0 Å². The maximum Gasteiger partial charge on any atom is 0.265 e. The molecule has 0 atom stereocenters. The lowest BCUT2D eigenvalue weighted by Gasteiger charge is -2.25. The number of nitrogen functional groups attached to an aromatic ring is 1. The predicted molar refractivity (Wildman–Crippen MR) is 81.1 cm³/mol. The summed E-state index contributed by atoms with van der Waals surface area (Å²) in [6.45, 7) is 0.416. The second kappa shape index (κ2) is 5.76. The Bertz CT molecular complexity index is 591. The summed E-state index contributed by atoms with van der Waals surface area (Å²) in [4.78, 5) is 20.9. The van der Waals surface area contributed by atoms with Gasteiger partial charge in [0, 0.05) is 17.6 Å². The van der Waals surface area contributed by atoms with Crippen molar-refractivity contribution in [1.82, 2.24) is 15.3 Å². The van der Waals surface area contributed by atoms with Crippen molar-refractivity contribution >= 4 is 39.5 Å². The molecule has 1 saturated carbocycles. The summed E-state index contributed by atoms with van der Waals surface area (Å²) in [5, 5.41) is 9.59. The second-order valence-electron chi connectivity index (χ2n) is 4.61. The third kappa shape index (κ3) is 2.91. The lowest BCUT2D eigenvalue weighted by atomic mass is 9.93. The Morgan fingerprint density at radius 1 is 1.50 bits per heavy atom. The maximum atomic E-state index is 12.1. The Balaban J connectivity index is 1.61. The van der Waals surface area contributed by atoms with Crippen LogP contribution in [-0.2, 0) is 6.54 Å². The van der Waals surface area contributed by atoms with Gasteiger partial charge in [0.1, 0.15) is 15.7 Å². The number of nitrogens with two attached hydrogens (primary N) is 1. The molecule has 1 fully saturated rings. The van der Waals surface area contributed by atoms with Crippen molar-refractivity contribution in [3.05, 3.63) is 21.5 Å². The SMILES string of the molecule is Nc1nc(NC2CCC2)sc1C(=O)NCc1nccs1. The molecule has 2 aromatic heterocycles. The van der Waals surface area contributed by atoms with Gasteiger partial charge in [0.15, 0.2) is 5.13 Å². The van der Waals surface area contributed by atoms with Crippen LogP contribution in [0.5, 0.6) is 0 Å². The molecule has 0 radical (unpaired) electrons. The Morgan fingerprint density at radius 2 is 2.35 bits per heavy atom. The molecule has 6 nitrogen and oxygen atoms in total. The van der Waals surface area contributed by atoms with Gasteiger partial charge in [-0.25, -0.2) is 9.97 Å². The molecule has 1 aliphatic carbocycles. The average molecular weight is 309 g/mol. The minimum atomic E-state index is -0.197. The molecular weight excluding hydrogens is 294 g/mol. The van der Waals surface area contributed by atoms with Crippen molar-refractivity contribution in [3.63, 3.8) is 0 Å². The Hall–Kier alpha value is -1.67. The van der Waals surface area contributed by atoms with Crippen LogP contribution in [-0.4, -0.2) is 21.9 Å². The highest BCUT2D eigenvalue weighted by Crippen LogP contribution is 2.29. The number of thiazole rings is 2. The zero-order valence-electron chi connectivity index (χ0n) is 10.8. The van der Waals surface area contributed by atoms with Gasteiger partial charge < -0.3 is 16.4 Å². The predicted octanol–water partition coefficient (Wildman–Crippen LogP) is 2.08. The highest BCUT2D eigenvalue weighted by Gasteiger charge is 2.21. The molecule has 3 rings (SSSR count). The lowest BCUT2D eigenvalue weighted by Crippen LogP contribution is -2.26. The first kappa shape index (κ1) is 13.3. The molecule has 0 spiro atoms. The first-order valence-corrected chi connectivity index (χ1v) is 8.11. The van der Waals surface area contributed by atoms with Crippen molar-refractivity contribution in [2.24, 2.45) is 0 Å². The van der Waals surface area contributed by atoms with Gasteiger partial charge in [-0.05, 0) is 19.3 Å². The molecule has 20 heavy (non-hydrogen) atoms. The summed E-state index contributed by atoms with van der Waals surface area (Å²) in [6.07, 6.45) is 5.28. The number of aromatic nitrogens is 2. The molecular formula is C12H15N5OS2. The van der Waals surface area contributed by atoms with E-state index < -0.39 is 0 Å². The number of amides is 1. The first-order chi connectivity index (χ1) is 9.72. The van der Waals surface area contributed by atoms with Gasteiger partial charge in [-0.3, -0.25) is 4.79 Å². The van der Waals surface area contributed by atoms with E-state index in [0.717, 1.165) is 23.0 Å². The van der Waals surface area contributed by atoms with Crippen molar-refractivity contribution in [2.75, 3.05) is 11.1 Å². The highest BCUT2D eigenvalue weighted by atomic mass is 32.1. The van der Waals surface area contributed by atoms with Crippen LogP contribution in [0.4, 0.5) is 10.9 Å². The van der Waals surface area contributed by atoms with E-state index in [-0.39, 0.29) is 11.7 Å². The van der Waals surface area contributed by atoms with E-state index in [1.807, 2.05) is 5.38 Å². The van der Waals surface area contributed by atoms with Crippen LogP contribution in [0.3, 0.4) is 0 Å². The topological polar surface area (TPSA) is 92.9 Å². The number of hydrogen-bond donors (Lipinski definition) is 3. The summed E-state index contributed by atoms with van der Waals surface area (Å²) in [5.74, 6) is 0.0883.